The largest absolute Gasteiger partial charge is 0.480 e. The summed E-state index contributed by atoms with van der Waals surface area (Å²) in [6, 6.07) is 0. The van der Waals surface area contributed by atoms with Crippen LogP contribution in [0.25, 0.3) is 0 Å². The van der Waals surface area contributed by atoms with Gasteiger partial charge in [0.25, 0.3) is 0 Å². The van der Waals surface area contributed by atoms with Gasteiger partial charge in [-0.05, 0) is 104 Å². The topological polar surface area (TPSA) is 127 Å². The van der Waals surface area contributed by atoms with E-state index in [9.17, 15) is 24.9 Å². The molecule has 0 radical (unpaired) electrons. The Morgan fingerprint density at radius 2 is 1.82 bits per heavy atom. The smallest absolute Gasteiger partial charge is 0.322 e. The fraction of sp³-hybridized carbons (Fsp3) is 0.889. The predicted molar refractivity (Wildman–Crippen MR) is 127 cm³/mol. The fourth-order valence-corrected chi connectivity index (χ4v) is 9.06. The Balaban J connectivity index is 1.50. The normalized spacial score (nSPS) is 46.4. The zero-order valence-corrected chi connectivity index (χ0v) is 20.9. The number of nitrogens with one attached hydrogen (secondary N) is 1. The Labute approximate surface area is 203 Å². The highest BCUT2D eigenvalue weighted by atomic mass is 16.4. The summed E-state index contributed by atoms with van der Waals surface area (Å²) in [5.74, 6) is 2.41. The molecule has 0 aromatic carbocycles. The minimum atomic E-state index is -1.01. The van der Waals surface area contributed by atoms with Crippen molar-refractivity contribution in [1.29, 1.82) is 0 Å². The number of hydrogen-bond donors (Lipinski definition) is 5. The number of fused-ring (bicyclic) bond motifs is 5. The molecule has 0 aromatic heterocycles. The number of aliphatic hydroxyl groups is 3. The monoisotopic (exact) mass is 477 g/mol. The first-order valence-electron chi connectivity index (χ1n) is 13.3. The first-order valence-corrected chi connectivity index (χ1v) is 13.3. The Bertz CT molecular complexity index is 826. The van der Waals surface area contributed by atoms with Crippen LogP contribution in [0, 0.1) is 46.3 Å². The molecule has 0 aromatic rings. The lowest BCUT2D eigenvalue weighted by molar-refractivity contribution is -0.207. The molecule has 7 nitrogen and oxygen atoms in total. The zero-order valence-electron chi connectivity index (χ0n) is 20.9. The highest BCUT2D eigenvalue weighted by Gasteiger charge is 2.65. The van der Waals surface area contributed by atoms with Crippen LogP contribution >= 0.6 is 0 Å². The first kappa shape index (κ1) is 25.7. The maximum Gasteiger partial charge on any atom is 0.322 e. The Hall–Kier alpha value is -1.40. The number of carbonyl (C=O) groups excluding carboxylic acids is 1. The highest BCUT2D eigenvalue weighted by Crippen LogP contribution is 2.68. The van der Waals surface area contributed by atoms with Crippen LogP contribution in [0.5, 0.6) is 0 Å². The SMILES string of the molecule is C[C@H](CCC(=C=O)NCC(=O)O)[C@H]1CC[C@H]2[C@@H]3[C@H](O)C[C@@H]4C[C@H](O)CC[C@]4(C)[C@H]3C[C@H](O)[C@]12C. The second-order valence-electron chi connectivity index (χ2n) is 12.4. The summed E-state index contributed by atoms with van der Waals surface area (Å²) < 4.78 is 0. The van der Waals surface area contributed by atoms with Gasteiger partial charge in [-0.25, -0.2) is 4.79 Å². The van der Waals surface area contributed by atoms with Crippen molar-refractivity contribution in [3.63, 3.8) is 0 Å². The van der Waals surface area contributed by atoms with E-state index >= 15 is 0 Å². The number of allylic oxidation sites excluding steroid dienone is 1. The molecule has 0 amide bonds. The third kappa shape index (κ3) is 4.23. The van der Waals surface area contributed by atoms with E-state index in [4.69, 9.17) is 5.11 Å². The highest BCUT2D eigenvalue weighted by molar-refractivity contribution is 5.70. The summed E-state index contributed by atoms with van der Waals surface area (Å²) in [6.07, 6.45) is 6.07. The Morgan fingerprint density at radius 1 is 1.09 bits per heavy atom. The van der Waals surface area contributed by atoms with E-state index in [0.717, 1.165) is 44.9 Å². The summed E-state index contributed by atoms with van der Waals surface area (Å²) in [7, 11) is 0. The number of aliphatic hydroxyl groups excluding tert-OH is 3. The molecule has 192 valence electrons. The number of carboxylic acid groups (broad SMARTS) is 1. The van der Waals surface area contributed by atoms with Crippen molar-refractivity contribution < 1.29 is 30.0 Å². The van der Waals surface area contributed by atoms with E-state index in [-0.39, 0.29) is 59.2 Å². The standard InChI is InChI=1S/C27H43NO6/c1-15(4-5-17(14-29)28-13-24(33)34)19-6-7-20-25-21(12-23(32)27(19,20)3)26(2)9-8-18(30)10-16(26)11-22(25)31/h15-16,18-23,25,28,30-32H,4-13H2,1-3H3,(H,33,34)/t15-,16+,18-,19-,20+,21+,22-,23+,25+,26+,27-/m1/s1. The van der Waals surface area contributed by atoms with Crippen LogP contribution in [0.3, 0.4) is 0 Å². The molecule has 0 unspecified atom stereocenters. The van der Waals surface area contributed by atoms with Crippen molar-refractivity contribution in [2.45, 2.75) is 96.9 Å². The molecular weight excluding hydrogens is 434 g/mol. The molecule has 0 spiro atoms. The summed E-state index contributed by atoms with van der Waals surface area (Å²) in [5.41, 5.74) is 0.0759. The number of rotatable bonds is 7. The Kier molecular flexibility index (Phi) is 7.23. The van der Waals surface area contributed by atoms with Gasteiger partial charge in [0.2, 0.25) is 0 Å². The molecule has 11 atom stereocenters. The molecule has 7 heteroatoms. The molecule has 0 aliphatic heterocycles. The fourth-order valence-electron chi connectivity index (χ4n) is 9.06. The van der Waals surface area contributed by atoms with Gasteiger partial charge in [-0.15, -0.1) is 0 Å². The van der Waals surface area contributed by atoms with E-state index in [2.05, 4.69) is 26.1 Å². The van der Waals surface area contributed by atoms with Gasteiger partial charge in [-0.3, -0.25) is 4.79 Å². The van der Waals surface area contributed by atoms with Crippen LogP contribution in [0.1, 0.15) is 78.6 Å². The number of carboxylic acids is 1. The van der Waals surface area contributed by atoms with Crippen LogP contribution in [0.2, 0.25) is 0 Å². The van der Waals surface area contributed by atoms with Crippen LogP contribution in [0.15, 0.2) is 5.70 Å². The third-order valence-electron chi connectivity index (χ3n) is 10.9. The molecule has 4 aliphatic carbocycles. The first-order chi connectivity index (χ1) is 16.0. The van der Waals surface area contributed by atoms with Crippen molar-refractivity contribution in [3.05, 3.63) is 5.70 Å². The quantitative estimate of drug-likeness (QED) is 0.357. The van der Waals surface area contributed by atoms with Gasteiger partial charge in [-0.1, -0.05) is 20.8 Å². The maximum absolute atomic E-state index is 11.6. The molecule has 4 fully saturated rings. The lowest BCUT2D eigenvalue weighted by Crippen LogP contribution is -2.62. The van der Waals surface area contributed by atoms with E-state index in [1.54, 1.807) is 0 Å². The van der Waals surface area contributed by atoms with E-state index in [0.29, 0.717) is 24.5 Å². The summed E-state index contributed by atoms with van der Waals surface area (Å²) in [6.45, 7) is 6.44. The molecule has 4 aliphatic rings. The molecule has 5 N–H and O–H groups in total. The van der Waals surface area contributed by atoms with Gasteiger partial charge < -0.3 is 25.7 Å². The maximum atomic E-state index is 11.6. The molecule has 0 bridgehead atoms. The second kappa shape index (κ2) is 9.57. The van der Waals surface area contributed by atoms with Gasteiger partial charge in [0.05, 0.1) is 24.0 Å². The summed E-state index contributed by atoms with van der Waals surface area (Å²) in [5, 5.41) is 44.8. The zero-order chi connectivity index (χ0) is 24.8. The minimum absolute atomic E-state index is 0.0641. The van der Waals surface area contributed by atoms with Crippen LogP contribution in [-0.2, 0) is 9.59 Å². The van der Waals surface area contributed by atoms with Gasteiger partial charge >= 0.3 is 5.97 Å². The lowest BCUT2D eigenvalue weighted by atomic mass is 9.43. The van der Waals surface area contributed by atoms with Crippen LogP contribution < -0.4 is 5.32 Å². The van der Waals surface area contributed by atoms with Crippen LogP contribution in [-0.4, -0.2) is 57.2 Å². The predicted octanol–water partition coefficient (Wildman–Crippen LogP) is 2.75. The molecule has 4 rings (SSSR count). The van der Waals surface area contributed by atoms with E-state index in [1.807, 2.05) is 5.94 Å². The van der Waals surface area contributed by atoms with E-state index in [1.165, 1.54) is 0 Å². The van der Waals surface area contributed by atoms with Crippen molar-refractivity contribution in [2.24, 2.45) is 46.3 Å². The molecule has 0 heterocycles. The van der Waals surface area contributed by atoms with Crippen molar-refractivity contribution in [2.75, 3.05) is 6.54 Å². The van der Waals surface area contributed by atoms with Crippen LogP contribution in [0.4, 0.5) is 0 Å². The summed E-state index contributed by atoms with van der Waals surface area (Å²) >= 11 is 0. The molecular formula is C27H43NO6. The molecule has 0 saturated heterocycles. The molecule has 34 heavy (non-hydrogen) atoms. The minimum Gasteiger partial charge on any atom is -0.480 e. The number of aliphatic carboxylic acids is 1. The van der Waals surface area contributed by atoms with Gasteiger partial charge in [-0.2, -0.15) is 0 Å². The van der Waals surface area contributed by atoms with Crippen molar-refractivity contribution in [1.82, 2.24) is 5.32 Å². The average Bonchev–Trinajstić information content (AvgIpc) is 3.14. The van der Waals surface area contributed by atoms with Crippen molar-refractivity contribution >= 4 is 11.9 Å². The number of carbonyl (C=O) groups is 1. The third-order valence-corrected chi connectivity index (χ3v) is 10.9. The van der Waals surface area contributed by atoms with Crippen molar-refractivity contribution in [3.8, 4) is 0 Å². The van der Waals surface area contributed by atoms with Gasteiger partial charge in [0.15, 0.2) is 0 Å². The Morgan fingerprint density at radius 3 is 2.50 bits per heavy atom. The lowest BCUT2D eigenvalue weighted by Gasteiger charge is -2.63. The van der Waals surface area contributed by atoms with Gasteiger partial charge in [0.1, 0.15) is 12.5 Å². The average molecular weight is 478 g/mol. The van der Waals surface area contributed by atoms with E-state index < -0.39 is 12.1 Å². The number of hydrogen-bond acceptors (Lipinski definition) is 6. The second-order valence-corrected chi connectivity index (χ2v) is 12.4. The summed E-state index contributed by atoms with van der Waals surface area (Å²) in [4.78, 5) is 22.1. The van der Waals surface area contributed by atoms with Gasteiger partial charge in [0, 0.05) is 0 Å². The molecule has 4 saturated carbocycles.